The minimum absolute atomic E-state index is 0.00539. The van der Waals surface area contributed by atoms with Crippen molar-refractivity contribution in [1.82, 2.24) is 10.2 Å². The SMILES string of the molecule is CC(C)C(=O)N1CCC[C@H](C(=O)N[C@]2(C)CCc3ccccc3C2)C1. The number of likely N-dealkylation sites (tertiary alicyclic amines) is 1. The maximum absolute atomic E-state index is 12.9. The molecule has 0 saturated carbocycles. The zero-order valence-corrected chi connectivity index (χ0v) is 15.7. The van der Waals surface area contributed by atoms with Crippen LogP contribution in [0.5, 0.6) is 0 Å². The Bertz CT molecular complexity index is 655. The molecule has 1 aliphatic carbocycles. The highest BCUT2D eigenvalue weighted by Gasteiger charge is 2.35. The molecule has 2 amide bonds. The Labute approximate surface area is 151 Å². The van der Waals surface area contributed by atoms with Crippen LogP contribution in [0.3, 0.4) is 0 Å². The van der Waals surface area contributed by atoms with Crippen LogP contribution < -0.4 is 5.32 Å². The van der Waals surface area contributed by atoms with Crippen LogP contribution >= 0.6 is 0 Å². The maximum atomic E-state index is 12.9. The Morgan fingerprint density at radius 1 is 1.24 bits per heavy atom. The number of hydrogen-bond acceptors (Lipinski definition) is 2. The van der Waals surface area contributed by atoms with E-state index in [1.165, 1.54) is 11.1 Å². The number of piperidine rings is 1. The van der Waals surface area contributed by atoms with E-state index in [9.17, 15) is 9.59 Å². The number of nitrogens with one attached hydrogen (secondary N) is 1. The Balaban J connectivity index is 1.63. The van der Waals surface area contributed by atoms with Crippen molar-refractivity contribution < 1.29 is 9.59 Å². The maximum Gasteiger partial charge on any atom is 0.225 e. The molecule has 0 radical (unpaired) electrons. The number of hydrogen-bond donors (Lipinski definition) is 1. The first-order valence-electron chi connectivity index (χ1n) is 9.55. The van der Waals surface area contributed by atoms with E-state index in [1.807, 2.05) is 18.7 Å². The van der Waals surface area contributed by atoms with E-state index in [1.54, 1.807) is 0 Å². The molecule has 2 aliphatic rings. The summed E-state index contributed by atoms with van der Waals surface area (Å²) in [6.45, 7) is 7.35. The Kier molecular flexibility index (Phi) is 5.16. The van der Waals surface area contributed by atoms with Crippen LogP contribution in [0, 0.1) is 11.8 Å². The third-order valence-electron chi connectivity index (χ3n) is 5.67. The zero-order chi connectivity index (χ0) is 18.0. The summed E-state index contributed by atoms with van der Waals surface area (Å²) in [6, 6.07) is 8.52. The van der Waals surface area contributed by atoms with Gasteiger partial charge < -0.3 is 10.2 Å². The zero-order valence-electron chi connectivity index (χ0n) is 15.7. The largest absolute Gasteiger partial charge is 0.350 e. The van der Waals surface area contributed by atoms with Crippen LogP contribution in [0.25, 0.3) is 0 Å². The van der Waals surface area contributed by atoms with E-state index in [2.05, 4.69) is 36.5 Å². The van der Waals surface area contributed by atoms with Crippen LogP contribution in [-0.4, -0.2) is 35.3 Å². The van der Waals surface area contributed by atoms with Gasteiger partial charge in [0, 0.05) is 24.5 Å². The summed E-state index contributed by atoms with van der Waals surface area (Å²) >= 11 is 0. The van der Waals surface area contributed by atoms with Crippen LogP contribution in [0.2, 0.25) is 0 Å². The Morgan fingerprint density at radius 3 is 2.68 bits per heavy atom. The minimum atomic E-state index is -0.185. The first-order valence-corrected chi connectivity index (χ1v) is 9.55. The van der Waals surface area contributed by atoms with Crippen molar-refractivity contribution in [3.05, 3.63) is 35.4 Å². The van der Waals surface area contributed by atoms with Crippen LogP contribution in [0.15, 0.2) is 24.3 Å². The third kappa shape index (κ3) is 4.05. The second kappa shape index (κ2) is 7.19. The van der Waals surface area contributed by atoms with Crippen molar-refractivity contribution in [2.24, 2.45) is 11.8 Å². The number of carbonyl (C=O) groups is 2. The lowest BCUT2D eigenvalue weighted by Gasteiger charge is -2.39. The topological polar surface area (TPSA) is 49.4 Å². The molecule has 0 spiro atoms. The molecule has 25 heavy (non-hydrogen) atoms. The van der Waals surface area contributed by atoms with Crippen molar-refractivity contribution in [2.45, 2.75) is 58.4 Å². The average Bonchev–Trinajstić information content (AvgIpc) is 2.60. The average molecular weight is 342 g/mol. The highest BCUT2D eigenvalue weighted by molar-refractivity contribution is 5.82. The molecule has 1 aromatic carbocycles. The van der Waals surface area contributed by atoms with Crippen LogP contribution in [0.4, 0.5) is 0 Å². The molecule has 4 heteroatoms. The molecule has 0 bridgehead atoms. The summed E-state index contributed by atoms with van der Waals surface area (Å²) in [5, 5.41) is 3.32. The van der Waals surface area contributed by atoms with Crippen LogP contribution in [-0.2, 0) is 22.4 Å². The van der Waals surface area contributed by atoms with Gasteiger partial charge in [-0.05, 0) is 50.2 Å². The molecule has 0 aromatic heterocycles. The van der Waals surface area contributed by atoms with Gasteiger partial charge in [-0.2, -0.15) is 0 Å². The predicted octanol–water partition coefficient (Wildman–Crippen LogP) is 2.94. The van der Waals surface area contributed by atoms with Gasteiger partial charge >= 0.3 is 0 Å². The fourth-order valence-electron chi connectivity index (χ4n) is 4.16. The van der Waals surface area contributed by atoms with Gasteiger partial charge in [-0.15, -0.1) is 0 Å². The van der Waals surface area contributed by atoms with Crippen molar-refractivity contribution in [3.63, 3.8) is 0 Å². The molecular formula is C21H30N2O2. The third-order valence-corrected chi connectivity index (χ3v) is 5.67. The molecule has 4 nitrogen and oxygen atoms in total. The number of amides is 2. The molecule has 0 unspecified atom stereocenters. The molecule has 1 fully saturated rings. The number of rotatable bonds is 3. The van der Waals surface area contributed by atoms with Gasteiger partial charge in [-0.1, -0.05) is 38.1 Å². The molecule has 2 atom stereocenters. The second-order valence-corrected chi connectivity index (χ2v) is 8.27. The summed E-state index contributed by atoms with van der Waals surface area (Å²) in [7, 11) is 0. The highest BCUT2D eigenvalue weighted by Crippen LogP contribution is 2.29. The fourth-order valence-corrected chi connectivity index (χ4v) is 4.16. The van der Waals surface area contributed by atoms with E-state index in [-0.39, 0.29) is 29.2 Å². The van der Waals surface area contributed by atoms with Gasteiger partial charge in [0.2, 0.25) is 11.8 Å². The van der Waals surface area contributed by atoms with Gasteiger partial charge in [-0.25, -0.2) is 0 Å². The Hall–Kier alpha value is -1.84. The Morgan fingerprint density at radius 2 is 1.96 bits per heavy atom. The molecule has 3 rings (SSSR count). The van der Waals surface area contributed by atoms with Crippen molar-refractivity contribution in [1.29, 1.82) is 0 Å². The van der Waals surface area contributed by atoms with Gasteiger partial charge in [0.05, 0.1) is 5.92 Å². The molecule has 136 valence electrons. The van der Waals surface area contributed by atoms with Crippen molar-refractivity contribution in [3.8, 4) is 0 Å². The monoisotopic (exact) mass is 342 g/mol. The summed E-state index contributed by atoms with van der Waals surface area (Å²) in [4.78, 5) is 27.0. The standard InChI is InChI=1S/C21H30N2O2/c1-15(2)20(25)23-12-6-9-18(14-23)19(24)22-21(3)11-10-16-7-4-5-8-17(16)13-21/h4-5,7-8,15,18H,6,9-14H2,1-3H3,(H,22,24)/t18-,21+/m0/s1. The molecule has 1 N–H and O–H groups in total. The molecule has 1 aliphatic heterocycles. The van der Waals surface area contributed by atoms with Gasteiger partial charge in [0.15, 0.2) is 0 Å². The van der Waals surface area contributed by atoms with Crippen molar-refractivity contribution in [2.75, 3.05) is 13.1 Å². The lowest BCUT2D eigenvalue weighted by Crippen LogP contribution is -2.54. The summed E-state index contributed by atoms with van der Waals surface area (Å²) in [5.41, 5.74) is 2.56. The number of carbonyl (C=O) groups excluding carboxylic acids is 2. The van der Waals surface area contributed by atoms with Gasteiger partial charge in [-0.3, -0.25) is 9.59 Å². The number of fused-ring (bicyclic) bond motifs is 1. The number of aryl methyl sites for hydroxylation is 1. The molecule has 1 heterocycles. The quantitative estimate of drug-likeness (QED) is 0.918. The second-order valence-electron chi connectivity index (χ2n) is 8.27. The minimum Gasteiger partial charge on any atom is -0.350 e. The van der Waals surface area contributed by atoms with Gasteiger partial charge in [0.1, 0.15) is 0 Å². The van der Waals surface area contributed by atoms with E-state index >= 15 is 0 Å². The molecule has 1 aromatic rings. The van der Waals surface area contributed by atoms with Crippen molar-refractivity contribution >= 4 is 11.8 Å². The molecular weight excluding hydrogens is 312 g/mol. The van der Waals surface area contributed by atoms with E-state index in [0.717, 1.165) is 38.6 Å². The summed E-state index contributed by atoms with van der Waals surface area (Å²) in [5.74, 6) is 0.193. The summed E-state index contributed by atoms with van der Waals surface area (Å²) in [6.07, 6.45) is 4.65. The van der Waals surface area contributed by atoms with E-state index in [0.29, 0.717) is 6.54 Å². The van der Waals surface area contributed by atoms with E-state index in [4.69, 9.17) is 0 Å². The highest BCUT2D eigenvalue weighted by atomic mass is 16.2. The summed E-state index contributed by atoms with van der Waals surface area (Å²) < 4.78 is 0. The normalized spacial score (nSPS) is 26.2. The lowest BCUT2D eigenvalue weighted by atomic mass is 9.78. The first-order chi connectivity index (χ1) is 11.9. The first kappa shape index (κ1) is 18.0. The van der Waals surface area contributed by atoms with E-state index < -0.39 is 0 Å². The smallest absolute Gasteiger partial charge is 0.225 e. The number of benzene rings is 1. The van der Waals surface area contributed by atoms with Gasteiger partial charge in [0.25, 0.3) is 0 Å². The fraction of sp³-hybridized carbons (Fsp3) is 0.619. The van der Waals surface area contributed by atoms with Crippen LogP contribution in [0.1, 0.15) is 51.2 Å². The molecule has 1 saturated heterocycles. The predicted molar refractivity (Wildman–Crippen MR) is 99.2 cm³/mol. The number of nitrogens with zero attached hydrogens (tertiary/aromatic N) is 1. The lowest BCUT2D eigenvalue weighted by molar-refractivity contribution is -0.138.